The molecule has 0 saturated carbocycles. The van der Waals surface area contributed by atoms with Crippen LogP contribution in [0.3, 0.4) is 0 Å². The lowest BCUT2D eigenvalue weighted by Crippen LogP contribution is -2.08. The van der Waals surface area contributed by atoms with Crippen LogP contribution in [0, 0.1) is 0 Å². The lowest BCUT2D eigenvalue weighted by Gasteiger charge is -2.07. The van der Waals surface area contributed by atoms with E-state index in [-0.39, 0.29) is 11.7 Å². The molecule has 0 aromatic heterocycles. The predicted octanol–water partition coefficient (Wildman–Crippen LogP) is 1.17. The fraction of sp³-hybridized carbons (Fsp3) is 0.182. The van der Waals surface area contributed by atoms with E-state index in [9.17, 15) is 4.79 Å². The molecular weight excluding hydrogens is 205 g/mol. The molecule has 0 aliphatic carbocycles. The van der Waals surface area contributed by atoms with Gasteiger partial charge in [0.1, 0.15) is 0 Å². The number of nitrogens with one attached hydrogen (secondary N) is 1. The highest BCUT2D eigenvalue weighted by Gasteiger charge is 2.21. The van der Waals surface area contributed by atoms with E-state index in [0.29, 0.717) is 14.1 Å². The first kappa shape index (κ1) is 10.9. The number of hydrogen-bond donors (Lipinski definition) is 1. The Morgan fingerprint density at radius 1 is 1.50 bits per heavy atom. The lowest BCUT2D eigenvalue weighted by atomic mass is 9.77. The van der Waals surface area contributed by atoms with Gasteiger partial charge in [-0.25, -0.2) is 0 Å². The molecule has 2 rings (SSSR count). The van der Waals surface area contributed by atoms with Gasteiger partial charge in [-0.2, -0.15) is 0 Å². The Morgan fingerprint density at radius 2 is 2.25 bits per heavy atom. The van der Waals surface area contributed by atoms with E-state index in [1.807, 2.05) is 24.3 Å². The largest absolute Gasteiger partial charge is 0.333 e. The molecular formula is C11H12BNO3. The molecule has 1 aromatic carbocycles. The first-order valence-electron chi connectivity index (χ1n) is 5.07. The molecule has 1 aliphatic rings. The van der Waals surface area contributed by atoms with Gasteiger partial charge in [0, 0.05) is 11.5 Å². The van der Waals surface area contributed by atoms with Crippen LogP contribution in [0.4, 0.5) is 5.69 Å². The molecule has 1 heterocycles. The summed E-state index contributed by atoms with van der Waals surface area (Å²) in [6.45, 7) is 3.97. The summed E-state index contributed by atoms with van der Waals surface area (Å²) in [5.41, 5.74) is 1.91. The minimum atomic E-state index is -0.208. The highest BCUT2D eigenvalue weighted by Crippen LogP contribution is 2.21. The van der Waals surface area contributed by atoms with Crippen molar-refractivity contribution in [1.82, 2.24) is 0 Å². The van der Waals surface area contributed by atoms with Gasteiger partial charge >= 0.3 is 7.48 Å². The molecule has 1 atom stereocenters. The molecule has 1 aliphatic heterocycles. The summed E-state index contributed by atoms with van der Waals surface area (Å²) < 4.78 is 0. The molecule has 0 radical (unpaired) electrons. The van der Waals surface area contributed by atoms with Crippen LogP contribution < -0.4 is 5.32 Å². The van der Waals surface area contributed by atoms with E-state index >= 15 is 0 Å². The highest BCUT2D eigenvalue weighted by atomic mass is 17.2. The average Bonchev–Trinajstić information content (AvgIpc) is 2.83. The number of rotatable bonds is 3. The van der Waals surface area contributed by atoms with Crippen molar-refractivity contribution < 1.29 is 14.5 Å². The average molecular weight is 217 g/mol. The summed E-state index contributed by atoms with van der Waals surface area (Å²) >= 11 is 0. The monoisotopic (exact) mass is 217 g/mol. The Kier molecular flexibility index (Phi) is 3.39. The van der Waals surface area contributed by atoms with Gasteiger partial charge in [0.2, 0.25) is 5.91 Å². The van der Waals surface area contributed by atoms with Crippen molar-refractivity contribution in [2.24, 2.45) is 0 Å². The zero-order chi connectivity index (χ0) is 11.4. The molecule has 1 unspecified atom stereocenters. The SMILES string of the molecule is C=CC(=O)Nc1ccc(C2BOOC2)cc1. The second-order valence-corrected chi connectivity index (χ2v) is 3.58. The summed E-state index contributed by atoms with van der Waals surface area (Å²) in [6, 6.07) is 7.63. The lowest BCUT2D eigenvalue weighted by molar-refractivity contribution is -0.183. The topological polar surface area (TPSA) is 47.6 Å². The Labute approximate surface area is 94.5 Å². The van der Waals surface area contributed by atoms with Crippen LogP contribution in [0.1, 0.15) is 11.4 Å². The third-order valence-corrected chi connectivity index (χ3v) is 2.46. The summed E-state index contributed by atoms with van der Waals surface area (Å²) in [6.07, 6.45) is 1.24. The van der Waals surface area contributed by atoms with Crippen LogP contribution in [-0.4, -0.2) is 20.0 Å². The Bertz CT molecular complexity index is 385. The smallest absolute Gasteiger partial charge is 0.323 e. The standard InChI is InChI=1S/C11H12BNO3/c1-2-11(14)13-9-5-3-8(4-6-9)10-7-15-16-12-10/h2-6,10,12H,1,7H2,(H,13,14). The molecule has 5 heteroatoms. The van der Waals surface area contributed by atoms with Crippen LogP contribution in [0.15, 0.2) is 36.9 Å². The minimum Gasteiger partial charge on any atom is -0.323 e. The van der Waals surface area contributed by atoms with E-state index < -0.39 is 0 Å². The predicted molar refractivity (Wildman–Crippen MR) is 62.2 cm³/mol. The molecule has 0 spiro atoms. The third-order valence-electron chi connectivity index (χ3n) is 2.46. The van der Waals surface area contributed by atoms with E-state index in [4.69, 9.17) is 9.69 Å². The van der Waals surface area contributed by atoms with E-state index in [1.54, 1.807) is 0 Å². The maximum Gasteiger partial charge on any atom is 0.333 e. The number of anilines is 1. The fourth-order valence-corrected chi connectivity index (χ4v) is 1.53. The van der Waals surface area contributed by atoms with Crippen LogP contribution in [0.2, 0.25) is 0 Å². The molecule has 1 amide bonds. The first-order chi connectivity index (χ1) is 7.79. The Hall–Kier alpha value is -1.59. The van der Waals surface area contributed by atoms with E-state index in [1.165, 1.54) is 6.08 Å². The van der Waals surface area contributed by atoms with Gasteiger partial charge in [-0.1, -0.05) is 18.7 Å². The van der Waals surface area contributed by atoms with Crippen LogP contribution >= 0.6 is 0 Å². The normalized spacial score (nSPS) is 18.9. The van der Waals surface area contributed by atoms with Gasteiger partial charge in [0.25, 0.3) is 0 Å². The van der Waals surface area contributed by atoms with Crippen molar-refractivity contribution in [3.05, 3.63) is 42.5 Å². The van der Waals surface area contributed by atoms with Crippen LogP contribution in [0.25, 0.3) is 0 Å². The third kappa shape index (κ3) is 2.50. The maximum atomic E-state index is 11.1. The number of carbonyl (C=O) groups is 1. The molecule has 82 valence electrons. The van der Waals surface area contributed by atoms with Crippen molar-refractivity contribution in [1.29, 1.82) is 0 Å². The van der Waals surface area contributed by atoms with Crippen molar-refractivity contribution in [2.45, 2.75) is 5.82 Å². The summed E-state index contributed by atoms with van der Waals surface area (Å²) in [4.78, 5) is 20.7. The Morgan fingerprint density at radius 3 is 2.81 bits per heavy atom. The highest BCUT2D eigenvalue weighted by molar-refractivity contribution is 6.30. The summed E-state index contributed by atoms with van der Waals surface area (Å²) in [5, 5.41) is 2.69. The van der Waals surface area contributed by atoms with E-state index in [2.05, 4.69) is 11.9 Å². The van der Waals surface area contributed by atoms with Gasteiger partial charge in [0.15, 0.2) is 0 Å². The zero-order valence-electron chi connectivity index (χ0n) is 8.81. The van der Waals surface area contributed by atoms with Crippen molar-refractivity contribution >= 4 is 19.1 Å². The fourth-order valence-electron chi connectivity index (χ4n) is 1.53. The van der Waals surface area contributed by atoms with Crippen molar-refractivity contribution in [3.63, 3.8) is 0 Å². The van der Waals surface area contributed by atoms with Crippen molar-refractivity contribution in [3.8, 4) is 0 Å². The quantitative estimate of drug-likeness (QED) is 0.469. The van der Waals surface area contributed by atoms with Gasteiger partial charge < -0.3 is 10.1 Å². The molecule has 1 saturated heterocycles. The molecule has 1 aromatic rings. The second kappa shape index (κ2) is 4.96. The molecule has 4 nitrogen and oxygen atoms in total. The molecule has 16 heavy (non-hydrogen) atoms. The first-order valence-corrected chi connectivity index (χ1v) is 5.07. The zero-order valence-corrected chi connectivity index (χ0v) is 8.81. The maximum absolute atomic E-state index is 11.1. The number of carbonyl (C=O) groups excluding carboxylic acids is 1. The summed E-state index contributed by atoms with van der Waals surface area (Å²) in [7, 11) is 0.582. The summed E-state index contributed by atoms with van der Waals surface area (Å²) in [5.74, 6) is 0.0736. The minimum absolute atomic E-state index is 0.208. The number of benzene rings is 1. The number of hydrogen-bond acceptors (Lipinski definition) is 3. The second-order valence-electron chi connectivity index (χ2n) is 3.58. The van der Waals surface area contributed by atoms with Crippen LogP contribution in [0.5, 0.6) is 0 Å². The van der Waals surface area contributed by atoms with Gasteiger partial charge in [-0.3, -0.25) is 9.68 Å². The van der Waals surface area contributed by atoms with Gasteiger partial charge in [0.05, 0.1) is 6.61 Å². The molecule has 1 fully saturated rings. The van der Waals surface area contributed by atoms with Gasteiger partial charge in [-0.15, -0.1) is 0 Å². The van der Waals surface area contributed by atoms with Crippen molar-refractivity contribution in [2.75, 3.05) is 11.9 Å². The Balaban J connectivity index is 2.03. The molecule has 0 bridgehead atoms. The molecule has 1 N–H and O–H groups in total. The van der Waals surface area contributed by atoms with Crippen LogP contribution in [-0.2, 0) is 14.5 Å². The number of amides is 1. The van der Waals surface area contributed by atoms with E-state index in [0.717, 1.165) is 11.3 Å². The van der Waals surface area contributed by atoms with Gasteiger partial charge in [-0.05, 0) is 23.8 Å².